The van der Waals surface area contributed by atoms with E-state index in [1.165, 1.54) is 23.1 Å². The van der Waals surface area contributed by atoms with Crippen molar-refractivity contribution < 1.29 is 0 Å². The molecule has 1 unspecified atom stereocenters. The molecule has 0 bridgehead atoms. The zero-order chi connectivity index (χ0) is 10.3. The number of nitrogens with one attached hydrogen (secondary N) is 1. The van der Waals surface area contributed by atoms with Gasteiger partial charge in [-0.05, 0) is 37.1 Å². The molecule has 1 fully saturated rings. The number of benzene rings is 1. The second-order valence-corrected chi connectivity index (χ2v) is 4.99. The van der Waals surface area contributed by atoms with Crippen LogP contribution >= 0.6 is 11.3 Å². The number of nitrogens with zero attached hydrogens (tertiary/aromatic N) is 1. The highest BCUT2D eigenvalue weighted by Crippen LogP contribution is 2.29. The lowest BCUT2D eigenvalue weighted by molar-refractivity contribution is 0.649. The lowest BCUT2D eigenvalue weighted by atomic mass is 10.1. The number of nitrogens with two attached hydrogens (primary N) is 1. The minimum atomic E-state index is 0.526. The Hall–Kier alpha value is -1.13. The first-order valence-electron chi connectivity index (χ1n) is 5.22. The molecular formula is C11H13N3S. The number of anilines is 1. The smallest absolute Gasteiger partial charge is 0.181 e. The van der Waals surface area contributed by atoms with Crippen LogP contribution in [0.25, 0.3) is 10.2 Å². The summed E-state index contributed by atoms with van der Waals surface area (Å²) in [6.45, 7) is 1.13. The van der Waals surface area contributed by atoms with Crippen LogP contribution in [0.15, 0.2) is 18.2 Å². The lowest BCUT2D eigenvalue weighted by Gasteiger charge is -2.09. The van der Waals surface area contributed by atoms with Gasteiger partial charge in [-0.1, -0.05) is 17.4 Å². The molecule has 1 aromatic heterocycles. The van der Waals surface area contributed by atoms with Gasteiger partial charge in [0, 0.05) is 6.04 Å². The monoisotopic (exact) mass is 219 g/mol. The van der Waals surface area contributed by atoms with Gasteiger partial charge in [-0.2, -0.15) is 0 Å². The lowest BCUT2D eigenvalue weighted by Crippen LogP contribution is -2.12. The van der Waals surface area contributed by atoms with Crippen LogP contribution in [0.4, 0.5) is 5.13 Å². The van der Waals surface area contributed by atoms with Gasteiger partial charge in [0.05, 0.1) is 10.2 Å². The Morgan fingerprint density at radius 2 is 2.40 bits per heavy atom. The largest absolute Gasteiger partial charge is 0.375 e. The van der Waals surface area contributed by atoms with Crippen molar-refractivity contribution in [3.05, 3.63) is 23.8 Å². The molecule has 1 aliphatic rings. The van der Waals surface area contributed by atoms with Crippen molar-refractivity contribution in [1.29, 1.82) is 0 Å². The van der Waals surface area contributed by atoms with Gasteiger partial charge in [0.1, 0.15) is 0 Å². The molecule has 4 heteroatoms. The third kappa shape index (κ3) is 1.60. The molecule has 0 amide bonds. The van der Waals surface area contributed by atoms with Crippen molar-refractivity contribution in [3.8, 4) is 0 Å². The zero-order valence-electron chi connectivity index (χ0n) is 8.36. The van der Waals surface area contributed by atoms with E-state index in [9.17, 15) is 0 Å². The van der Waals surface area contributed by atoms with Crippen molar-refractivity contribution in [2.45, 2.75) is 18.9 Å². The number of hydrogen-bond acceptors (Lipinski definition) is 4. The third-order valence-electron chi connectivity index (χ3n) is 2.89. The summed E-state index contributed by atoms with van der Waals surface area (Å²) in [6.07, 6.45) is 2.51. The van der Waals surface area contributed by atoms with Gasteiger partial charge in [0.2, 0.25) is 0 Å². The molecule has 0 radical (unpaired) electrons. The Morgan fingerprint density at radius 1 is 1.47 bits per heavy atom. The number of aromatic nitrogens is 1. The molecule has 2 heterocycles. The van der Waals surface area contributed by atoms with Crippen LogP contribution in [0.3, 0.4) is 0 Å². The maximum Gasteiger partial charge on any atom is 0.181 e. The highest BCUT2D eigenvalue weighted by atomic mass is 32.1. The van der Waals surface area contributed by atoms with Crippen LogP contribution in [0.1, 0.15) is 24.4 Å². The molecule has 1 atom stereocenters. The molecule has 78 valence electrons. The Balaban J connectivity index is 2.04. The number of rotatable bonds is 1. The van der Waals surface area contributed by atoms with Crippen molar-refractivity contribution >= 4 is 26.7 Å². The van der Waals surface area contributed by atoms with Crippen LogP contribution in [0.2, 0.25) is 0 Å². The fourth-order valence-corrected chi connectivity index (χ4v) is 2.93. The van der Waals surface area contributed by atoms with Gasteiger partial charge in [-0.15, -0.1) is 0 Å². The van der Waals surface area contributed by atoms with Crippen molar-refractivity contribution in [2.24, 2.45) is 0 Å². The van der Waals surface area contributed by atoms with Crippen LogP contribution in [0, 0.1) is 0 Å². The highest BCUT2D eigenvalue weighted by Gasteiger charge is 2.16. The first-order chi connectivity index (χ1) is 7.33. The Morgan fingerprint density at radius 3 is 3.20 bits per heavy atom. The molecule has 1 aromatic carbocycles. The standard InChI is InChI=1S/C11H13N3S/c12-11-14-9-4-3-7(6-10(9)15-11)8-2-1-5-13-8/h3-4,6,8,13H,1-2,5H2,(H2,12,14). The Labute approximate surface area is 92.3 Å². The van der Waals surface area contributed by atoms with Crippen LogP contribution in [-0.4, -0.2) is 11.5 Å². The molecule has 3 nitrogen and oxygen atoms in total. The van der Waals surface area contributed by atoms with E-state index in [0.717, 1.165) is 12.1 Å². The molecule has 3 N–H and O–H groups in total. The fourth-order valence-electron chi connectivity index (χ4n) is 2.14. The van der Waals surface area contributed by atoms with E-state index in [1.54, 1.807) is 11.3 Å². The predicted octanol–water partition coefficient (Wildman–Crippen LogP) is 2.30. The van der Waals surface area contributed by atoms with E-state index in [2.05, 4.69) is 28.5 Å². The number of hydrogen-bond donors (Lipinski definition) is 2. The maximum atomic E-state index is 5.69. The van der Waals surface area contributed by atoms with Crippen LogP contribution < -0.4 is 11.1 Å². The zero-order valence-corrected chi connectivity index (χ0v) is 9.18. The Bertz CT molecular complexity index is 486. The molecule has 1 saturated heterocycles. The summed E-state index contributed by atoms with van der Waals surface area (Å²) >= 11 is 1.56. The average molecular weight is 219 g/mol. The molecule has 0 saturated carbocycles. The molecule has 2 aromatic rings. The second-order valence-electron chi connectivity index (χ2n) is 3.93. The SMILES string of the molecule is Nc1nc2ccc(C3CCCN3)cc2s1. The minimum Gasteiger partial charge on any atom is -0.375 e. The van der Waals surface area contributed by atoms with Gasteiger partial charge in [-0.25, -0.2) is 4.98 Å². The summed E-state index contributed by atoms with van der Waals surface area (Å²) in [5.41, 5.74) is 8.06. The van der Waals surface area contributed by atoms with Gasteiger partial charge in [0.25, 0.3) is 0 Å². The van der Waals surface area contributed by atoms with Crippen LogP contribution in [-0.2, 0) is 0 Å². The van der Waals surface area contributed by atoms with E-state index in [4.69, 9.17) is 5.73 Å². The van der Waals surface area contributed by atoms with Crippen LogP contribution in [0.5, 0.6) is 0 Å². The van der Waals surface area contributed by atoms with E-state index < -0.39 is 0 Å². The second kappa shape index (κ2) is 3.47. The first kappa shape index (κ1) is 9.12. The summed E-state index contributed by atoms with van der Waals surface area (Å²) in [5, 5.41) is 4.15. The molecule has 0 aliphatic carbocycles. The van der Waals surface area contributed by atoms with Gasteiger partial charge < -0.3 is 11.1 Å². The summed E-state index contributed by atoms with van der Waals surface area (Å²) in [7, 11) is 0. The average Bonchev–Trinajstić information content (AvgIpc) is 2.82. The molecule has 0 spiro atoms. The van der Waals surface area contributed by atoms with E-state index in [0.29, 0.717) is 11.2 Å². The maximum absolute atomic E-state index is 5.69. The van der Waals surface area contributed by atoms with E-state index >= 15 is 0 Å². The van der Waals surface area contributed by atoms with E-state index in [-0.39, 0.29) is 0 Å². The third-order valence-corrected chi connectivity index (χ3v) is 3.74. The quantitative estimate of drug-likeness (QED) is 0.773. The van der Waals surface area contributed by atoms with Gasteiger partial charge in [-0.3, -0.25) is 0 Å². The minimum absolute atomic E-state index is 0.526. The summed E-state index contributed by atoms with van der Waals surface area (Å²) in [5.74, 6) is 0. The topological polar surface area (TPSA) is 50.9 Å². The Kier molecular flexibility index (Phi) is 2.11. The number of thiazole rings is 1. The van der Waals surface area contributed by atoms with Crippen molar-refractivity contribution in [3.63, 3.8) is 0 Å². The number of fused-ring (bicyclic) bond motifs is 1. The summed E-state index contributed by atoms with van der Waals surface area (Å²) in [4.78, 5) is 4.26. The molecule has 15 heavy (non-hydrogen) atoms. The fraction of sp³-hybridized carbons (Fsp3) is 0.364. The van der Waals surface area contributed by atoms with E-state index in [1.807, 2.05) is 0 Å². The molecular weight excluding hydrogens is 206 g/mol. The van der Waals surface area contributed by atoms with Gasteiger partial charge in [0.15, 0.2) is 5.13 Å². The predicted molar refractivity (Wildman–Crippen MR) is 64.0 cm³/mol. The van der Waals surface area contributed by atoms with Gasteiger partial charge >= 0.3 is 0 Å². The highest BCUT2D eigenvalue weighted by molar-refractivity contribution is 7.22. The van der Waals surface area contributed by atoms with Crippen molar-refractivity contribution in [2.75, 3.05) is 12.3 Å². The first-order valence-corrected chi connectivity index (χ1v) is 6.04. The summed E-state index contributed by atoms with van der Waals surface area (Å²) < 4.78 is 1.19. The molecule has 1 aliphatic heterocycles. The summed E-state index contributed by atoms with van der Waals surface area (Å²) in [6, 6.07) is 6.96. The normalized spacial score (nSPS) is 21.2. The number of nitrogen functional groups attached to an aromatic ring is 1. The van der Waals surface area contributed by atoms with Crippen molar-refractivity contribution in [1.82, 2.24) is 10.3 Å². The molecule has 3 rings (SSSR count).